The van der Waals surface area contributed by atoms with Crippen LogP contribution in [0.3, 0.4) is 0 Å². The summed E-state index contributed by atoms with van der Waals surface area (Å²) in [4.78, 5) is 6.45. The molecule has 2 rings (SSSR count). The molecule has 106 valence electrons. The lowest BCUT2D eigenvalue weighted by Crippen LogP contribution is -2.24. The topological polar surface area (TPSA) is 60.2 Å². The normalized spacial score (nSPS) is 12.0. The fraction of sp³-hybridized carbons (Fsp3) is 0.500. The molecule has 0 bridgehead atoms. The van der Waals surface area contributed by atoms with Crippen molar-refractivity contribution in [1.82, 2.24) is 15.5 Å². The molecule has 19 heavy (non-hydrogen) atoms. The van der Waals surface area contributed by atoms with Crippen molar-refractivity contribution in [2.75, 3.05) is 14.2 Å². The second-order valence-corrected chi connectivity index (χ2v) is 5.42. The highest BCUT2D eigenvalue weighted by molar-refractivity contribution is 7.15. The molecule has 1 N–H and O–H groups in total. The van der Waals surface area contributed by atoms with E-state index in [-0.39, 0.29) is 12.4 Å². The maximum absolute atomic E-state index is 5.30. The van der Waals surface area contributed by atoms with E-state index in [0.29, 0.717) is 17.8 Å². The minimum absolute atomic E-state index is 0. The molecule has 0 amide bonds. The third-order valence-electron chi connectivity index (χ3n) is 2.69. The van der Waals surface area contributed by atoms with E-state index >= 15 is 0 Å². The second kappa shape index (κ2) is 6.88. The highest BCUT2D eigenvalue weighted by atomic mass is 35.5. The Bertz CT molecular complexity index is 527. The van der Waals surface area contributed by atoms with Crippen LogP contribution < -0.4 is 10.1 Å². The standard InChI is InChI=1S/C12H17N3O2S.ClH/c1-7(13-3)5-10-14-12(17-15-10)11-9(16-4)6-8(2)18-11;/h6-7,13H,5H2,1-4H3;1H. The van der Waals surface area contributed by atoms with Crippen LogP contribution in [0, 0.1) is 6.92 Å². The largest absolute Gasteiger partial charge is 0.495 e. The molecule has 2 heterocycles. The Kier molecular flexibility index (Phi) is 5.78. The number of ether oxygens (including phenoxy) is 1. The Morgan fingerprint density at radius 3 is 2.89 bits per heavy atom. The molecule has 0 aliphatic heterocycles. The average Bonchev–Trinajstić information content (AvgIpc) is 2.95. The van der Waals surface area contributed by atoms with Crippen LogP contribution in [0.5, 0.6) is 5.75 Å². The average molecular weight is 304 g/mol. The van der Waals surface area contributed by atoms with Gasteiger partial charge in [-0.1, -0.05) is 5.16 Å². The van der Waals surface area contributed by atoms with Gasteiger partial charge in [0.05, 0.1) is 7.11 Å². The molecule has 0 aliphatic carbocycles. The Morgan fingerprint density at radius 1 is 1.53 bits per heavy atom. The van der Waals surface area contributed by atoms with Crippen LogP contribution in [0.15, 0.2) is 10.6 Å². The molecular formula is C12H18ClN3O2S. The van der Waals surface area contributed by atoms with Crippen LogP contribution in [-0.4, -0.2) is 30.3 Å². The van der Waals surface area contributed by atoms with Crippen LogP contribution in [0.25, 0.3) is 10.8 Å². The molecule has 0 saturated heterocycles. The summed E-state index contributed by atoms with van der Waals surface area (Å²) in [6, 6.07) is 2.29. The number of nitrogens with zero attached hydrogens (tertiary/aromatic N) is 2. The van der Waals surface area contributed by atoms with E-state index in [2.05, 4.69) is 22.4 Å². The van der Waals surface area contributed by atoms with Gasteiger partial charge in [0.1, 0.15) is 10.6 Å². The summed E-state index contributed by atoms with van der Waals surface area (Å²) in [7, 11) is 3.56. The molecule has 0 aromatic carbocycles. The zero-order chi connectivity index (χ0) is 13.1. The van der Waals surface area contributed by atoms with Crippen molar-refractivity contribution in [1.29, 1.82) is 0 Å². The second-order valence-electron chi connectivity index (χ2n) is 4.16. The number of aromatic nitrogens is 2. The maximum atomic E-state index is 5.30. The molecular weight excluding hydrogens is 286 g/mol. The van der Waals surface area contributed by atoms with E-state index in [9.17, 15) is 0 Å². The number of nitrogens with one attached hydrogen (secondary N) is 1. The monoisotopic (exact) mass is 303 g/mol. The molecule has 0 saturated carbocycles. The zero-order valence-corrected chi connectivity index (χ0v) is 13.0. The molecule has 0 fully saturated rings. The quantitative estimate of drug-likeness (QED) is 0.920. The number of likely N-dealkylation sites (N-methyl/N-ethyl adjacent to an activating group) is 1. The molecule has 0 aliphatic rings. The Balaban J connectivity index is 0.00000180. The zero-order valence-electron chi connectivity index (χ0n) is 11.4. The number of methoxy groups -OCH3 is 1. The first-order valence-corrected chi connectivity index (χ1v) is 6.60. The number of hydrogen-bond donors (Lipinski definition) is 1. The van der Waals surface area contributed by atoms with Gasteiger partial charge in [-0.15, -0.1) is 23.7 Å². The van der Waals surface area contributed by atoms with Crippen LogP contribution in [0.1, 0.15) is 17.6 Å². The summed E-state index contributed by atoms with van der Waals surface area (Å²) >= 11 is 1.59. The van der Waals surface area contributed by atoms with Crippen molar-refractivity contribution in [2.45, 2.75) is 26.3 Å². The molecule has 7 heteroatoms. The number of halogens is 1. The number of aryl methyl sites for hydroxylation is 1. The van der Waals surface area contributed by atoms with E-state index in [1.54, 1.807) is 18.4 Å². The molecule has 1 atom stereocenters. The van der Waals surface area contributed by atoms with Crippen molar-refractivity contribution in [3.8, 4) is 16.5 Å². The van der Waals surface area contributed by atoms with Crippen LogP contribution in [0.2, 0.25) is 0 Å². The molecule has 5 nitrogen and oxygen atoms in total. The maximum Gasteiger partial charge on any atom is 0.271 e. The van der Waals surface area contributed by atoms with Gasteiger partial charge < -0.3 is 14.6 Å². The first-order valence-electron chi connectivity index (χ1n) is 5.78. The van der Waals surface area contributed by atoms with Gasteiger partial charge in [0.25, 0.3) is 5.89 Å². The van der Waals surface area contributed by atoms with Crippen molar-refractivity contribution >= 4 is 23.7 Å². The Labute approximate surface area is 122 Å². The molecule has 0 radical (unpaired) electrons. The van der Waals surface area contributed by atoms with Crippen molar-refractivity contribution < 1.29 is 9.26 Å². The lowest BCUT2D eigenvalue weighted by molar-refractivity contribution is 0.403. The fourth-order valence-electron chi connectivity index (χ4n) is 1.60. The minimum atomic E-state index is 0. The van der Waals surface area contributed by atoms with Crippen LogP contribution >= 0.6 is 23.7 Å². The first-order chi connectivity index (χ1) is 8.63. The van der Waals surface area contributed by atoms with E-state index in [0.717, 1.165) is 21.9 Å². The van der Waals surface area contributed by atoms with E-state index in [1.807, 2.05) is 20.0 Å². The third-order valence-corrected chi connectivity index (χ3v) is 3.70. The van der Waals surface area contributed by atoms with Gasteiger partial charge in [0.15, 0.2) is 5.82 Å². The van der Waals surface area contributed by atoms with E-state index in [1.165, 1.54) is 0 Å². The van der Waals surface area contributed by atoms with Crippen molar-refractivity contribution in [3.05, 3.63) is 16.8 Å². The van der Waals surface area contributed by atoms with E-state index < -0.39 is 0 Å². The van der Waals surface area contributed by atoms with Gasteiger partial charge in [0, 0.05) is 17.3 Å². The van der Waals surface area contributed by atoms with Gasteiger partial charge in [0.2, 0.25) is 0 Å². The smallest absolute Gasteiger partial charge is 0.271 e. The first kappa shape index (κ1) is 15.9. The summed E-state index contributed by atoms with van der Waals surface area (Å²) < 4.78 is 10.6. The molecule has 2 aromatic rings. The SMILES string of the molecule is CNC(C)Cc1noc(-c2sc(C)cc2OC)n1.Cl. The lowest BCUT2D eigenvalue weighted by atomic mass is 10.2. The van der Waals surface area contributed by atoms with E-state index in [4.69, 9.17) is 9.26 Å². The van der Waals surface area contributed by atoms with Crippen LogP contribution in [0.4, 0.5) is 0 Å². The highest BCUT2D eigenvalue weighted by Crippen LogP contribution is 2.36. The predicted molar refractivity (Wildman–Crippen MR) is 78.4 cm³/mol. The molecule has 0 spiro atoms. The number of hydrogen-bond acceptors (Lipinski definition) is 6. The fourth-order valence-corrected chi connectivity index (χ4v) is 2.50. The van der Waals surface area contributed by atoms with Crippen molar-refractivity contribution in [2.24, 2.45) is 0 Å². The van der Waals surface area contributed by atoms with Gasteiger partial charge in [-0.3, -0.25) is 0 Å². The summed E-state index contributed by atoms with van der Waals surface area (Å²) in [6.45, 7) is 4.10. The van der Waals surface area contributed by atoms with Crippen molar-refractivity contribution in [3.63, 3.8) is 0 Å². The molecule has 2 aromatic heterocycles. The summed E-state index contributed by atoms with van der Waals surface area (Å²) in [5.41, 5.74) is 0. The third kappa shape index (κ3) is 3.68. The summed E-state index contributed by atoms with van der Waals surface area (Å²) in [6.07, 6.45) is 0.743. The number of rotatable bonds is 5. The minimum Gasteiger partial charge on any atom is -0.495 e. The Hall–Kier alpha value is -1.11. The predicted octanol–water partition coefficient (Wildman–Crippen LogP) is 2.69. The van der Waals surface area contributed by atoms with Gasteiger partial charge in [-0.25, -0.2) is 0 Å². The Morgan fingerprint density at radius 2 is 2.26 bits per heavy atom. The van der Waals surface area contributed by atoms with Gasteiger partial charge in [-0.05, 0) is 27.0 Å². The summed E-state index contributed by atoms with van der Waals surface area (Å²) in [5.74, 6) is 2.03. The summed E-state index contributed by atoms with van der Waals surface area (Å²) in [5, 5.41) is 7.14. The molecule has 1 unspecified atom stereocenters. The van der Waals surface area contributed by atoms with Gasteiger partial charge in [-0.2, -0.15) is 4.98 Å². The number of thiophene rings is 1. The van der Waals surface area contributed by atoms with Crippen LogP contribution in [-0.2, 0) is 6.42 Å². The van der Waals surface area contributed by atoms with Gasteiger partial charge >= 0.3 is 0 Å². The highest BCUT2D eigenvalue weighted by Gasteiger charge is 2.17. The lowest BCUT2D eigenvalue weighted by Gasteiger charge is -2.04.